The molecule has 0 spiro atoms. The lowest BCUT2D eigenvalue weighted by atomic mass is 9.93. The molecule has 0 fully saturated rings. The summed E-state index contributed by atoms with van der Waals surface area (Å²) in [4.78, 5) is 12.6. The molecule has 0 saturated heterocycles. The Bertz CT molecular complexity index is 936. The van der Waals surface area contributed by atoms with Gasteiger partial charge in [0.25, 0.3) is 12.3 Å². The first kappa shape index (κ1) is 19.5. The SMILES string of the molecule is CC1(C(F)F)NNC=C1C(=O)Nc1ccc(F)cc1-c1ccc(Cl)c(Cl)c1. The van der Waals surface area contributed by atoms with Crippen molar-refractivity contribution in [3.05, 3.63) is 64.0 Å². The fourth-order valence-electron chi connectivity index (χ4n) is 2.67. The van der Waals surface area contributed by atoms with E-state index in [1.807, 2.05) is 0 Å². The zero-order chi connectivity index (χ0) is 19.8. The minimum absolute atomic E-state index is 0.179. The van der Waals surface area contributed by atoms with Gasteiger partial charge < -0.3 is 10.7 Å². The first-order chi connectivity index (χ1) is 12.7. The molecule has 9 heteroatoms. The molecule has 0 saturated carbocycles. The molecule has 1 aliphatic rings. The van der Waals surface area contributed by atoms with Gasteiger partial charge in [-0.2, -0.15) is 0 Å². The first-order valence-corrected chi connectivity index (χ1v) is 8.56. The third-order valence-electron chi connectivity index (χ3n) is 4.25. The fourth-order valence-corrected chi connectivity index (χ4v) is 2.96. The van der Waals surface area contributed by atoms with E-state index in [4.69, 9.17) is 23.2 Å². The number of carbonyl (C=O) groups excluding carboxylic acids is 1. The van der Waals surface area contributed by atoms with E-state index in [-0.39, 0.29) is 16.3 Å². The van der Waals surface area contributed by atoms with E-state index in [0.29, 0.717) is 16.1 Å². The van der Waals surface area contributed by atoms with Crippen LogP contribution >= 0.6 is 23.2 Å². The second-order valence-electron chi connectivity index (χ2n) is 6.10. The normalized spacial score (nSPS) is 19.0. The number of anilines is 1. The third kappa shape index (κ3) is 3.76. The molecule has 27 heavy (non-hydrogen) atoms. The Morgan fingerprint density at radius 2 is 1.89 bits per heavy atom. The summed E-state index contributed by atoms with van der Waals surface area (Å²) >= 11 is 11.9. The third-order valence-corrected chi connectivity index (χ3v) is 4.99. The zero-order valence-electron chi connectivity index (χ0n) is 13.9. The molecule has 0 aromatic heterocycles. The summed E-state index contributed by atoms with van der Waals surface area (Å²) in [7, 11) is 0. The molecule has 3 N–H and O–H groups in total. The van der Waals surface area contributed by atoms with Crippen LogP contribution in [0.1, 0.15) is 6.92 Å². The van der Waals surface area contributed by atoms with Crippen LogP contribution in [0.5, 0.6) is 0 Å². The molecule has 3 rings (SSSR count). The maximum atomic E-state index is 13.8. The highest BCUT2D eigenvalue weighted by molar-refractivity contribution is 6.42. The summed E-state index contributed by atoms with van der Waals surface area (Å²) in [6.07, 6.45) is -1.66. The Hall–Kier alpha value is -2.22. The maximum Gasteiger partial charge on any atom is 0.262 e. The molecular weight excluding hydrogens is 402 g/mol. The van der Waals surface area contributed by atoms with Crippen molar-refractivity contribution in [3.63, 3.8) is 0 Å². The average Bonchev–Trinajstić information content (AvgIpc) is 3.02. The molecule has 1 aliphatic heterocycles. The van der Waals surface area contributed by atoms with Crippen molar-refractivity contribution < 1.29 is 18.0 Å². The van der Waals surface area contributed by atoms with E-state index in [1.165, 1.54) is 37.4 Å². The average molecular weight is 416 g/mol. The van der Waals surface area contributed by atoms with Gasteiger partial charge in [0.1, 0.15) is 11.4 Å². The molecule has 1 atom stereocenters. The number of amides is 1. The molecule has 1 unspecified atom stereocenters. The predicted octanol–water partition coefficient (Wildman–Crippen LogP) is 4.75. The van der Waals surface area contributed by atoms with E-state index in [0.717, 1.165) is 6.07 Å². The molecule has 0 aliphatic carbocycles. The van der Waals surface area contributed by atoms with Crippen molar-refractivity contribution in [2.24, 2.45) is 0 Å². The Morgan fingerprint density at radius 3 is 2.56 bits per heavy atom. The molecule has 1 amide bonds. The number of hydrogen-bond acceptors (Lipinski definition) is 3. The lowest BCUT2D eigenvalue weighted by Gasteiger charge is -2.26. The Morgan fingerprint density at radius 1 is 1.15 bits per heavy atom. The molecule has 142 valence electrons. The van der Waals surface area contributed by atoms with Crippen LogP contribution in [-0.2, 0) is 4.79 Å². The van der Waals surface area contributed by atoms with Gasteiger partial charge in [-0.05, 0) is 42.8 Å². The topological polar surface area (TPSA) is 53.2 Å². The summed E-state index contributed by atoms with van der Waals surface area (Å²) in [5, 5.41) is 3.14. The Labute approximate surface area is 163 Å². The van der Waals surface area contributed by atoms with Crippen LogP contribution in [0.4, 0.5) is 18.9 Å². The van der Waals surface area contributed by atoms with Crippen LogP contribution in [0.2, 0.25) is 10.0 Å². The maximum absolute atomic E-state index is 13.8. The van der Waals surface area contributed by atoms with E-state index in [2.05, 4.69) is 16.2 Å². The van der Waals surface area contributed by atoms with Crippen LogP contribution < -0.4 is 16.2 Å². The Kier molecular flexibility index (Phi) is 5.37. The molecule has 0 bridgehead atoms. The van der Waals surface area contributed by atoms with E-state index in [1.54, 1.807) is 6.07 Å². The monoisotopic (exact) mass is 415 g/mol. The Balaban J connectivity index is 1.96. The van der Waals surface area contributed by atoms with E-state index in [9.17, 15) is 18.0 Å². The van der Waals surface area contributed by atoms with Crippen LogP contribution in [0.3, 0.4) is 0 Å². The molecule has 2 aromatic carbocycles. The van der Waals surface area contributed by atoms with Crippen LogP contribution in [0.25, 0.3) is 11.1 Å². The summed E-state index contributed by atoms with van der Waals surface area (Å²) in [6.45, 7) is 1.20. The number of alkyl halides is 2. The largest absolute Gasteiger partial charge is 0.327 e. The van der Waals surface area contributed by atoms with E-state index >= 15 is 0 Å². The number of halogens is 5. The number of hydrogen-bond donors (Lipinski definition) is 3. The second-order valence-corrected chi connectivity index (χ2v) is 6.92. The summed E-state index contributed by atoms with van der Waals surface area (Å²) in [6, 6.07) is 8.39. The quantitative estimate of drug-likeness (QED) is 0.674. The highest BCUT2D eigenvalue weighted by atomic mass is 35.5. The number of hydrazine groups is 1. The van der Waals surface area contributed by atoms with Crippen LogP contribution in [0, 0.1) is 5.82 Å². The van der Waals surface area contributed by atoms with Gasteiger partial charge >= 0.3 is 0 Å². The first-order valence-electron chi connectivity index (χ1n) is 7.80. The summed E-state index contributed by atoms with van der Waals surface area (Å²) < 4.78 is 40.5. The highest BCUT2D eigenvalue weighted by Gasteiger charge is 2.45. The number of rotatable bonds is 4. The van der Waals surface area contributed by atoms with Crippen molar-refractivity contribution in [3.8, 4) is 11.1 Å². The lowest BCUT2D eigenvalue weighted by molar-refractivity contribution is -0.114. The number of nitrogens with one attached hydrogen (secondary N) is 3. The van der Waals surface area contributed by atoms with Gasteiger partial charge in [-0.25, -0.2) is 18.6 Å². The summed E-state index contributed by atoms with van der Waals surface area (Å²) in [5.74, 6) is -1.28. The van der Waals surface area contributed by atoms with Crippen molar-refractivity contribution >= 4 is 34.8 Å². The van der Waals surface area contributed by atoms with Crippen molar-refractivity contribution in [1.82, 2.24) is 10.9 Å². The van der Waals surface area contributed by atoms with Gasteiger partial charge in [0.15, 0.2) is 0 Å². The predicted molar refractivity (Wildman–Crippen MR) is 99.2 cm³/mol. The smallest absolute Gasteiger partial charge is 0.262 e. The number of benzene rings is 2. The minimum Gasteiger partial charge on any atom is -0.327 e. The van der Waals surface area contributed by atoms with Crippen LogP contribution in [-0.4, -0.2) is 17.9 Å². The van der Waals surface area contributed by atoms with Crippen molar-refractivity contribution in [2.45, 2.75) is 18.9 Å². The van der Waals surface area contributed by atoms with E-state index < -0.39 is 23.7 Å². The van der Waals surface area contributed by atoms with Crippen molar-refractivity contribution in [2.75, 3.05) is 5.32 Å². The summed E-state index contributed by atoms with van der Waals surface area (Å²) in [5.41, 5.74) is 3.86. The molecule has 4 nitrogen and oxygen atoms in total. The van der Waals surface area contributed by atoms with Gasteiger partial charge in [-0.1, -0.05) is 29.3 Å². The highest BCUT2D eigenvalue weighted by Crippen LogP contribution is 2.34. The van der Waals surface area contributed by atoms with Gasteiger partial charge in [0, 0.05) is 17.5 Å². The van der Waals surface area contributed by atoms with Gasteiger partial charge in [-0.3, -0.25) is 4.79 Å². The molecule has 1 heterocycles. The van der Waals surface area contributed by atoms with Gasteiger partial charge in [-0.15, -0.1) is 0 Å². The second kappa shape index (κ2) is 7.42. The standard InChI is InChI=1S/C18H14Cl2F3N3O/c1-18(17(22)23)12(8-24-26-18)16(27)25-15-5-3-10(21)7-11(15)9-2-4-13(19)14(20)6-9/h2-8,17,24,26H,1H3,(H,25,27). The van der Waals surface area contributed by atoms with Gasteiger partial charge in [0.05, 0.1) is 15.6 Å². The van der Waals surface area contributed by atoms with Gasteiger partial charge in [0.2, 0.25) is 0 Å². The molecule has 2 aromatic rings. The molecule has 0 radical (unpaired) electrons. The fraction of sp³-hybridized carbons (Fsp3) is 0.167. The van der Waals surface area contributed by atoms with Crippen LogP contribution in [0.15, 0.2) is 48.2 Å². The number of carbonyl (C=O) groups is 1. The minimum atomic E-state index is -2.83. The lowest BCUT2D eigenvalue weighted by Crippen LogP contribution is -2.51. The zero-order valence-corrected chi connectivity index (χ0v) is 15.4. The van der Waals surface area contributed by atoms with Crippen molar-refractivity contribution in [1.29, 1.82) is 0 Å². The molecular formula is C18H14Cl2F3N3O.